The summed E-state index contributed by atoms with van der Waals surface area (Å²) in [4.78, 5) is 3.31. The Kier molecular flexibility index (Phi) is 3.92. The molecular weight excluding hydrogens is 182 g/mol. The molecule has 0 saturated carbocycles. The van der Waals surface area contributed by atoms with Crippen LogP contribution in [-0.4, -0.2) is 4.98 Å². The Morgan fingerprint density at radius 1 is 0.867 bits per heavy atom. The fourth-order valence-electron chi connectivity index (χ4n) is 1.60. The lowest BCUT2D eigenvalue weighted by Crippen LogP contribution is -1.77. The Balaban J connectivity index is 3.44. The average Bonchev–Trinajstić information content (AvgIpc) is 2.57. The maximum Gasteiger partial charge on any atom is 0.0461 e. The third kappa shape index (κ3) is 2.18. The van der Waals surface area contributed by atoms with Crippen LogP contribution in [0.15, 0.2) is 25.3 Å². The van der Waals surface area contributed by atoms with Gasteiger partial charge in [0.1, 0.15) is 0 Å². The van der Waals surface area contributed by atoms with Crippen molar-refractivity contribution in [2.75, 3.05) is 0 Å². The number of hydrogen-bond donors (Lipinski definition) is 1. The van der Waals surface area contributed by atoms with Crippen LogP contribution >= 0.6 is 0 Å². The van der Waals surface area contributed by atoms with Crippen molar-refractivity contribution in [3.8, 4) is 0 Å². The molecule has 1 nitrogen and oxygen atoms in total. The normalized spacial score (nSPS) is 11.3. The zero-order valence-corrected chi connectivity index (χ0v) is 9.38. The van der Waals surface area contributed by atoms with Gasteiger partial charge in [0.25, 0.3) is 0 Å². The van der Waals surface area contributed by atoms with Crippen LogP contribution in [0.3, 0.4) is 0 Å². The summed E-state index contributed by atoms with van der Waals surface area (Å²) >= 11 is 0. The Hall–Kier alpha value is -1.76. The number of aromatic amines is 1. The zero-order chi connectivity index (χ0) is 11.3. The van der Waals surface area contributed by atoms with Gasteiger partial charge in [-0.15, -0.1) is 0 Å². The van der Waals surface area contributed by atoms with Crippen molar-refractivity contribution in [3.05, 3.63) is 47.8 Å². The Labute approximate surface area is 91.5 Å². The van der Waals surface area contributed by atoms with E-state index in [0.29, 0.717) is 0 Å². The monoisotopic (exact) mass is 199 g/mol. The molecule has 1 aromatic heterocycles. The molecule has 0 unspecified atom stereocenters. The molecule has 1 aromatic rings. The molecule has 0 aromatic carbocycles. The summed E-state index contributed by atoms with van der Waals surface area (Å²) in [6.07, 6.45) is 11.8. The largest absolute Gasteiger partial charge is 0.355 e. The second-order valence-electron chi connectivity index (χ2n) is 3.19. The van der Waals surface area contributed by atoms with Crippen LogP contribution in [0.1, 0.15) is 36.4 Å². The molecule has 0 fully saturated rings. The highest BCUT2D eigenvalue weighted by atomic mass is 14.7. The van der Waals surface area contributed by atoms with E-state index in [2.05, 4.69) is 24.2 Å². The van der Waals surface area contributed by atoms with Crippen molar-refractivity contribution >= 4 is 24.3 Å². The van der Waals surface area contributed by atoms with Gasteiger partial charge in [0.15, 0.2) is 0 Å². The summed E-state index contributed by atoms with van der Waals surface area (Å²) in [5, 5.41) is 0. The molecule has 1 N–H and O–H groups in total. The van der Waals surface area contributed by atoms with Crippen LogP contribution in [-0.2, 0) is 0 Å². The molecule has 78 valence electrons. The molecule has 0 atom stereocenters. The SMILES string of the molecule is C=Cc1[nH]c(/C=C\C)c(C=C)c1/C=C\C. The van der Waals surface area contributed by atoms with Gasteiger partial charge in [-0.1, -0.05) is 37.5 Å². The predicted octanol–water partition coefficient (Wildman–Crippen LogP) is 4.37. The summed E-state index contributed by atoms with van der Waals surface area (Å²) in [6, 6.07) is 0. The summed E-state index contributed by atoms with van der Waals surface area (Å²) < 4.78 is 0. The van der Waals surface area contributed by atoms with Crippen LogP contribution in [0.4, 0.5) is 0 Å². The number of nitrogens with one attached hydrogen (secondary N) is 1. The van der Waals surface area contributed by atoms with Crippen molar-refractivity contribution in [2.45, 2.75) is 13.8 Å². The van der Waals surface area contributed by atoms with Gasteiger partial charge in [-0.05, 0) is 26.0 Å². The summed E-state index contributed by atoms with van der Waals surface area (Å²) in [6.45, 7) is 11.6. The molecule has 0 saturated heterocycles. The maximum absolute atomic E-state index is 3.84. The smallest absolute Gasteiger partial charge is 0.0461 e. The zero-order valence-electron chi connectivity index (χ0n) is 9.38. The summed E-state index contributed by atoms with van der Waals surface area (Å²) in [5.41, 5.74) is 4.39. The first-order valence-corrected chi connectivity index (χ1v) is 5.04. The van der Waals surface area contributed by atoms with Crippen LogP contribution < -0.4 is 0 Å². The van der Waals surface area contributed by atoms with E-state index in [1.54, 1.807) is 0 Å². The first-order valence-electron chi connectivity index (χ1n) is 5.04. The van der Waals surface area contributed by atoms with E-state index in [9.17, 15) is 0 Å². The Morgan fingerprint density at radius 2 is 1.53 bits per heavy atom. The number of aromatic nitrogens is 1. The first kappa shape index (κ1) is 11.3. The van der Waals surface area contributed by atoms with Gasteiger partial charge >= 0.3 is 0 Å². The van der Waals surface area contributed by atoms with Crippen LogP contribution in [0.25, 0.3) is 24.3 Å². The van der Waals surface area contributed by atoms with Crippen LogP contribution in [0, 0.1) is 0 Å². The Bertz CT molecular complexity index is 417. The van der Waals surface area contributed by atoms with Crippen molar-refractivity contribution in [2.24, 2.45) is 0 Å². The molecule has 15 heavy (non-hydrogen) atoms. The standard InChI is InChI=1S/C14H17N/c1-5-9-12-11(7-3)14(10-6-2)15-13(12)8-4/h5-10,15H,3-4H2,1-2H3/b9-5-,10-6-. The topological polar surface area (TPSA) is 15.8 Å². The Morgan fingerprint density at radius 3 is 2.00 bits per heavy atom. The molecule has 0 aliphatic heterocycles. The fraction of sp³-hybridized carbons (Fsp3) is 0.143. The molecule has 1 rings (SSSR count). The highest BCUT2D eigenvalue weighted by Gasteiger charge is 2.08. The molecular formula is C14H17N. The quantitative estimate of drug-likeness (QED) is 0.741. The molecule has 0 radical (unpaired) electrons. The van der Waals surface area contributed by atoms with E-state index in [1.165, 1.54) is 0 Å². The van der Waals surface area contributed by atoms with Crippen molar-refractivity contribution in [3.63, 3.8) is 0 Å². The first-order chi connectivity index (χ1) is 7.28. The highest BCUT2D eigenvalue weighted by Crippen LogP contribution is 2.24. The lowest BCUT2D eigenvalue weighted by atomic mass is 10.1. The molecule has 0 amide bonds. The molecule has 0 aliphatic rings. The van der Waals surface area contributed by atoms with Crippen molar-refractivity contribution in [1.29, 1.82) is 0 Å². The molecule has 1 heterocycles. The number of allylic oxidation sites excluding steroid dienone is 2. The molecule has 0 spiro atoms. The minimum absolute atomic E-state index is 1.04. The van der Waals surface area contributed by atoms with Crippen molar-refractivity contribution < 1.29 is 0 Å². The van der Waals surface area contributed by atoms with E-state index < -0.39 is 0 Å². The lowest BCUT2D eigenvalue weighted by molar-refractivity contribution is 1.34. The van der Waals surface area contributed by atoms with Gasteiger partial charge in [-0.3, -0.25) is 0 Å². The number of hydrogen-bond acceptors (Lipinski definition) is 0. The highest BCUT2D eigenvalue weighted by molar-refractivity contribution is 5.78. The summed E-state index contributed by atoms with van der Waals surface area (Å²) in [7, 11) is 0. The van der Waals surface area contributed by atoms with Gasteiger partial charge in [-0.2, -0.15) is 0 Å². The average molecular weight is 199 g/mol. The van der Waals surface area contributed by atoms with E-state index in [-0.39, 0.29) is 0 Å². The second-order valence-corrected chi connectivity index (χ2v) is 3.19. The van der Waals surface area contributed by atoms with E-state index >= 15 is 0 Å². The van der Waals surface area contributed by atoms with Gasteiger partial charge in [0.2, 0.25) is 0 Å². The van der Waals surface area contributed by atoms with Gasteiger partial charge in [0, 0.05) is 22.5 Å². The third-order valence-electron chi connectivity index (χ3n) is 2.21. The maximum atomic E-state index is 3.84. The third-order valence-corrected chi connectivity index (χ3v) is 2.21. The molecule has 0 aliphatic carbocycles. The number of H-pyrrole nitrogens is 1. The van der Waals surface area contributed by atoms with E-state index in [0.717, 1.165) is 22.5 Å². The van der Waals surface area contributed by atoms with Gasteiger partial charge < -0.3 is 4.98 Å². The van der Waals surface area contributed by atoms with Gasteiger partial charge in [-0.25, -0.2) is 0 Å². The number of rotatable bonds is 4. The van der Waals surface area contributed by atoms with Crippen LogP contribution in [0.5, 0.6) is 0 Å². The summed E-state index contributed by atoms with van der Waals surface area (Å²) in [5.74, 6) is 0. The van der Waals surface area contributed by atoms with Crippen molar-refractivity contribution in [1.82, 2.24) is 4.98 Å². The van der Waals surface area contributed by atoms with E-state index in [4.69, 9.17) is 0 Å². The minimum atomic E-state index is 1.04. The molecule has 1 heteroatoms. The van der Waals surface area contributed by atoms with Crippen LogP contribution in [0.2, 0.25) is 0 Å². The molecule has 0 bridgehead atoms. The lowest BCUT2D eigenvalue weighted by Gasteiger charge is -1.94. The van der Waals surface area contributed by atoms with E-state index in [1.807, 2.05) is 44.2 Å². The minimum Gasteiger partial charge on any atom is -0.355 e. The second kappa shape index (κ2) is 5.20. The fourth-order valence-corrected chi connectivity index (χ4v) is 1.60. The predicted molar refractivity (Wildman–Crippen MR) is 70.4 cm³/mol. The van der Waals surface area contributed by atoms with Gasteiger partial charge in [0.05, 0.1) is 0 Å².